The first-order valence-corrected chi connectivity index (χ1v) is 5.45. The number of amides is 1. The maximum Gasteiger partial charge on any atom is 0.240 e. The smallest absolute Gasteiger partial charge is 0.240 e. The van der Waals surface area contributed by atoms with Crippen molar-refractivity contribution in [2.75, 3.05) is 0 Å². The molecule has 0 unspecified atom stereocenters. The third-order valence-corrected chi connectivity index (χ3v) is 3.05. The summed E-state index contributed by atoms with van der Waals surface area (Å²) < 4.78 is 0. The maximum absolute atomic E-state index is 11.8. The van der Waals surface area contributed by atoms with Gasteiger partial charge in [0, 0.05) is 0 Å². The zero-order valence-corrected chi connectivity index (χ0v) is 9.23. The number of nitrogens with zero attached hydrogens (tertiary/aromatic N) is 1. The number of nitrogens with one attached hydrogen (secondary N) is 1. The Morgan fingerprint density at radius 1 is 1.44 bits per heavy atom. The molecule has 1 aromatic rings. The number of benzene rings is 1. The summed E-state index contributed by atoms with van der Waals surface area (Å²) in [6, 6.07) is 11.8. The number of carbonyl (C=O) groups is 1. The van der Waals surface area contributed by atoms with Crippen LogP contribution >= 0.6 is 0 Å². The maximum atomic E-state index is 11.8. The molecule has 2 rings (SSSR count). The summed E-state index contributed by atoms with van der Waals surface area (Å²) in [6.45, 7) is 1.93. The molecule has 3 heteroatoms. The van der Waals surface area contributed by atoms with Crippen LogP contribution in [-0.4, -0.2) is 5.91 Å². The first kappa shape index (κ1) is 10.7. The Morgan fingerprint density at radius 3 is 2.56 bits per heavy atom. The van der Waals surface area contributed by atoms with Gasteiger partial charge in [-0.3, -0.25) is 4.79 Å². The molecule has 16 heavy (non-hydrogen) atoms. The Morgan fingerprint density at radius 2 is 2.06 bits per heavy atom. The van der Waals surface area contributed by atoms with E-state index in [1.165, 1.54) is 0 Å². The minimum absolute atomic E-state index is 0.0421. The highest BCUT2D eigenvalue weighted by atomic mass is 16.2. The third kappa shape index (κ3) is 1.92. The van der Waals surface area contributed by atoms with E-state index in [1.807, 2.05) is 37.3 Å². The average molecular weight is 214 g/mol. The molecule has 0 heterocycles. The number of hydrogen-bond acceptors (Lipinski definition) is 2. The summed E-state index contributed by atoms with van der Waals surface area (Å²) in [7, 11) is 0. The molecule has 1 aliphatic rings. The van der Waals surface area contributed by atoms with Crippen LogP contribution in [0.4, 0.5) is 0 Å². The van der Waals surface area contributed by atoms with Crippen molar-refractivity contribution in [3.05, 3.63) is 35.9 Å². The van der Waals surface area contributed by atoms with Crippen molar-refractivity contribution in [2.45, 2.75) is 25.8 Å². The van der Waals surface area contributed by atoms with E-state index >= 15 is 0 Å². The van der Waals surface area contributed by atoms with Crippen molar-refractivity contribution in [3.63, 3.8) is 0 Å². The van der Waals surface area contributed by atoms with Crippen LogP contribution in [0.5, 0.6) is 0 Å². The lowest BCUT2D eigenvalue weighted by Crippen LogP contribution is -2.33. The molecule has 3 nitrogen and oxygen atoms in total. The molecular formula is C13H14N2O. The third-order valence-electron chi connectivity index (χ3n) is 3.05. The monoisotopic (exact) mass is 214 g/mol. The van der Waals surface area contributed by atoms with Gasteiger partial charge in [0.25, 0.3) is 0 Å². The van der Waals surface area contributed by atoms with Gasteiger partial charge in [0.2, 0.25) is 5.91 Å². The Bertz CT molecular complexity index is 429. The Balaban J connectivity index is 2.01. The summed E-state index contributed by atoms with van der Waals surface area (Å²) in [5.74, 6) is -0.133. The fraction of sp³-hybridized carbons (Fsp3) is 0.385. The molecule has 0 radical (unpaired) electrons. The highest BCUT2D eigenvalue weighted by Gasteiger charge is 2.50. The fourth-order valence-corrected chi connectivity index (χ4v) is 1.67. The standard InChI is InChI=1S/C13H14N2O/c1-10(11-5-3-2-4-6-11)15-12(16)13(9-14)7-8-13/h2-6,10H,7-8H2,1H3,(H,15,16)/t10-/m1/s1. The van der Waals surface area contributed by atoms with Gasteiger partial charge in [0.15, 0.2) is 0 Å². The predicted molar refractivity (Wildman–Crippen MR) is 60.3 cm³/mol. The Labute approximate surface area is 95.1 Å². The van der Waals surface area contributed by atoms with Gasteiger partial charge >= 0.3 is 0 Å². The zero-order valence-electron chi connectivity index (χ0n) is 9.23. The first-order chi connectivity index (χ1) is 7.68. The van der Waals surface area contributed by atoms with Gasteiger partial charge in [0.05, 0.1) is 12.1 Å². The Kier molecular flexibility index (Phi) is 2.66. The van der Waals surface area contributed by atoms with Crippen LogP contribution in [0, 0.1) is 16.7 Å². The summed E-state index contributed by atoms with van der Waals surface area (Å²) >= 11 is 0. The van der Waals surface area contributed by atoms with E-state index in [4.69, 9.17) is 5.26 Å². The largest absolute Gasteiger partial charge is 0.348 e. The zero-order chi connectivity index (χ0) is 11.6. The number of carbonyl (C=O) groups excluding carboxylic acids is 1. The van der Waals surface area contributed by atoms with Gasteiger partial charge in [0.1, 0.15) is 5.41 Å². The molecule has 1 aromatic carbocycles. The lowest BCUT2D eigenvalue weighted by atomic mass is 10.1. The minimum atomic E-state index is -0.733. The van der Waals surface area contributed by atoms with Crippen LogP contribution in [-0.2, 0) is 4.79 Å². The van der Waals surface area contributed by atoms with Crippen LogP contribution in [0.25, 0.3) is 0 Å². The minimum Gasteiger partial charge on any atom is -0.348 e. The van der Waals surface area contributed by atoms with E-state index in [9.17, 15) is 4.79 Å². The molecule has 1 saturated carbocycles. The SMILES string of the molecule is C[C@@H](NC(=O)C1(C#N)CC1)c1ccccc1. The van der Waals surface area contributed by atoms with Crippen LogP contribution in [0.15, 0.2) is 30.3 Å². The van der Waals surface area contributed by atoms with Crippen molar-refractivity contribution >= 4 is 5.91 Å². The van der Waals surface area contributed by atoms with Gasteiger partial charge in [-0.1, -0.05) is 30.3 Å². The molecule has 0 bridgehead atoms. The molecule has 1 atom stereocenters. The highest BCUT2D eigenvalue weighted by Crippen LogP contribution is 2.45. The number of rotatable bonds is 3. The lowest BCUT2D eigenvalue weighted by molar-refractivity contribution is -0.125. The second kappa shape index (κ2) is 3.97. The van der Waals surface area contributed by atoms with Crippen molar-refractivity contribution in [1.82, 2.24) is 5.32 Å². The van der Waals surface area contributed by atoms with Gasteiger partial charge in [-0.15, -0.1) is 0 Å². The molecule has 1 fully saturated rings. The molecule has 82 valence electrons. The van der Waals surface area contributed by atoms with E-state index in [-0.39, 0.29) is 11.9 Å². The lowest BCUT2D eigenvalue weighted by Gasteiger charge is -2.16. The predicted octanol–water partition coefficient (Wildman–Crippen LogP) is 2.17. The van der Waals surface area contributed by atoms with Crippen molar-refractivity contribution < 1.29 is 4.79 Å². The van der Waals surface area contributed by atoms with E-state index in [1.54, 1.807) is 0 Å². The van der Waals surface area contributed by atoms with Crippen molar-refractivity contribution in [3.8, 4) is 6.07 Å². The van der Waals surface area contributed by atoms with Gasteiger partial charge in [-0.2, -0.15) is 5.26 Å². The van der Waals surface area contributed by atoms with Crippen molar-refractivity contribution in [2.24, 2.45) is 5.41 Å². The molecule has 1 aliphatic carbocycles. The van der Waals surface area contributed by atoms with Gasteiger partial charge < -0.3 is 5.32 Å². The van der Waals surface area contributed by atoms with Crippen LogP contribution in [0.1, 0.15) is 31.4 Å². The highest BCUT2D eigenvalue weighted by molar-refractivity contribution is 5.88. The summed E-state index contributed by atoms with van der Waals surface area (Å²) in [5.41, 5.74) is 0.327. The van der Waals surface area contributed by atoms with E-state index in [0.29, 0.717) is 12.8 Å². The van der Waals surface area contributed by atoms with Crippen LogP contribution in [0.3, 0.4) is 0 Å². The molecule has 0 aliphatic heterocycles. The molecule has 1 amide bonds. The second-order valence-electron chi connectivity index (χ2n) is 4.30. The van der Waals surface area contributed by atoms with Crippen LogP contribution < -0.4 is 5.32 Å². The Hall–Kier alpha value is -1.82. The van der Waals surface area contributed by atoms with Gasteiger partial charge in [-0.25, -0.2) is 0 Å². The first-order valence-electron chi connectivity index (χ1n) is 5.45. The van der Waals surface area contributed by atoms with Gasteiger partial charge in [-0.05, 0) is 25.3 Å². The number of hydrogen-bond donors (Lipinski definition) is 1. The average Bonchev–Trinajstić information content (AvgIpc) is 3.11. The quantitative estimate of drug-likeness (QED) is 0.838. The van der Waals surface area contributed by atoms with E-state index in [2.05, 4.69) is 11.4 Å². The normalized spacial score (nSPS) is 18.2. The number of nitriles is 1. The molecule has 0 saturated heterocycles. The molecular weight excluding hydrogens is 200 g/mol. The van der Waals surface area contributed by atoms with E-state index < -0.39 is 5.41 Å². The van der Waals surface area contributed by atoms with Crippen molar-refractivity contribution in [1.29, 1.82) is 5.26 Å². The molecule has 0 aromatic heterocycles. The second-order valence-corrected chi connectivity index (χ2v) is 4.30. The summed E-state index contributed by atoms with van der Waals surface area (Å²) in [6.07, 6.45) is 1.38. The molecule has 0 spiro atoms. The summed E-state index contributed by atoms with van der Waals surface area (Å²) in [5, 5.41) is 11.8. The van der Waals surface area contributed by atoms with Crippen LogP contribution in [0.2, 0.25) is 0 Å². The van der Waals surface area contributed by atoms with E-state index in [0.717, 1.165) is 5.56 Å². The summed E-state index contributed by atoms with van der Waals surface area (Å²) in [4.78, 5) is 11.8. The topological polar surface area (TPSA) is 52.9 Å². The fourth-order valence-electron chi connectivity index (χ4n) is 1.67. The molecule has 1 N–H and O–H groups in total.